The number of amides is 1. The van der Waals surface area contributed by atoms with E-state index in [4.69, 9.17) is 16.3 Å². The highest BCUT2D eigenvalue weighted by Crippen LogP contribution is 2.34. The van der Waals surface area contributed by atoms with Gasteiger partial charge in [0.05, 0.1) is 4.90 Å². The SMILES string of the molecule is O=C(CCNS(=O)(=O)c1ccc(F)cc1)NCC1(c2ccc(Cl)cc2)CCOCC1. The second-order valence-corrected chi connectivity index (χ2v) is 9.48. The molecule has 0 saturated carbocycles. The summed E-state index contributed by atoms with van der Waals surface area (Å²) < 4.78 is 45.2. The Balaban J connectivity index is 1.54. The van der Waals surface area contributed by atoms with Crippen molar-refractivity contribution >= 4 is 27.5 Å². The molecule has 1 fully saturated rings. The van der Waals surface area contributed by atoms with Crippen LogP contribution >= 0.6 is 11.6 Å². The van der Waals surface area contributed by atoms with Crippen molar-refractivity contribution in [2.75, 3.05) is 26.3 Å². The molecule has 1 saturated heterocycles. The van der Waals surface area contributed by atoms with Gasteiger partial charge in [-0.05, 0) is 54.8 Å². The first-order chi connectivity index (χ1) is 14.3. The molecule has 0 unspecified atom stereocenters. The topological polar surface area (TPSA) is 84.5 Å². The third-order valence-corrected chi connectivity index (χ3v) is 7.03. The van der Waals surface area contributed by atoms with Crippen LogP contribution in [0.2, 0.25) is 5.02 Å². The van der Waals surface area contributed by atoms with E-state index in [-0.39, 0.29) is 29.2 Å². The van der Waals surface area contributed by atoms with E-state index in [1.807, 2.05) is 24.3 Å². The summed E-state index contributed by atoms with van der Waals surface area (Å²) in [5, 5.41) is 3.58. The summed E-state index contributed by atoms with van der Waals surface area (Å²) in [5.41, 5.74) is 0.846. The maximum atomic E-state index is 13.0. The van der Waals surface area contributed by atoms with E-state index in [9.17, 15) is 17.6 Å². The molecule has 0 aromatic heterocycles. The van der Waals surface area contributed by atoms with Crippen LogP contribution in [0.1, 0.15) is 24.8 Å². The van der Waals surface area contributed by atoms with Crippen LogP contribution in [-0.4, -0.2) is 40.6 Å². The lowest BCUT2D eigenvalue weighted by molar-refractivity contribution is -0.121. The highest BCUT2D eigenvalue weighted by molar-refractivity contribution is 7.89. The molecule has 1 amide bonds. The van der Waals surface area contributed by atoms with Gasteiger partial charge in [0, 0.05) is 43.2 Å². The number of rotatable bonds is 8. The van der Waals surface area contributed by atoms with Crippen LogP contribution in [0.15, 0.2) is 53.4 Å². The van der Waals surface area contributed by atoms with Crippen molar-refractivity contribution in [1.29, 1.82) is 0 Å². The molecule has 30 heavy (non-hydrogen) atoms. The molecule has 1 heterocycles. The van der Waals surface area contributed by atoms with Crippen molar-refractivity contribution < 1.29 is 22.3 Å². The molecule has 162 valence electrons. The molecule has 0 radical (unpaired) electrons. The molecular formula is C21H24ClFN2O4S. The lowest BCUT2D eigenvalue weighted by Crippen LogP contribution is -2.45. The molecule has 9 heteroatoms. The van der Waals surface area contributed by atoms with Crippen LogP contribution in [0.5, 0.6) is 0 Å². The van der Waals surface area contributed by atoms with Gasteiger partial charge >= 0.3 is 0 Å². The number of benzene rings is 2. The minimum absolute atomic E-state index is 0.00633. The largest absolute Gasteiger partial charge is 0.381 e. The van der Waals surface area contributed by atoms with Crippen molar-refractivity contribution in [3.8, 4) is 0 Å². The summed E-state index contributed by atoms with van der Waals surface area (Å²) >= 11 is 6.00. The molecule has 0 aliphatic carbocycles. The average molecular weight is 455 g/mol. The van der Waals surface area contributed by atoms with Crippen LogP contribution in [0.4, 0.5) is 4.39 Å². The Morgan fingerprint density at radius 1 is 1.07 bits per heavy atom. The first-order valence-electron chi connectivity index (χ1n) is 9.67. The molecule has 1 aliphatic rings. The van der Waals surface area contributed by atoms with Gasteiger partial charge in [-0.15, -0.1) is 0 Å². The van der Waals surface area contributed by atoms with Crippen LogP contribution in [0.3, 0.4) is 0 Å². The first-order valence-corrected chi connectivity index (χ1v) is 11.5. The smallest absolute Gasteiger partial charge is 0.240 e. The Labute approximate surface area is 180 Å². The van der Waals surface area contributed by atoms with Crippen LogP contribution in [0, 0.1) is 5.82 Å². The van der Waals surface area contributed by atoms with Gasteiger partial charge in [0.25, 0.3) is 0 Å². The normalized spacial score (nSPS) is 16.2. The minimum Gasteiger partial charge on any atom is -0.381 e. The van der Waals surface area contributed by atoms with Crippen molar-refractivity contribution in [3.63, 3.8) is 0 Å². The van der Waals surface area contributed by atoms with Gasteiger partial charge in [0.15, 0.2) is 0 Å². The van der Waals surface area contributed by atoms with E-state index < -0.39 is 15.8 Å². The Morgan fingerprint density at radius 3 is 2.33 bits per heavy atom. The number of hydrogen-bond acceptors (Lipinski definition) is 4. The molecule has 2 N–H and O–H groups in total. The minimum atomic E-state index is -3.79. The van der Waals surface area contributed by atoms with E-state index in [1.165, 1.54) is 12.1 Å². The van der Waals surface area contributed by atoms with Gasteiger partial charge in [-0.1, -0.05) is 23.7 Å². The monoisotopic (exact) mass is 454 g/mol. The zero-order chi connectivity index (χ0) is 21.6. The van der Waals surface area contributed by atoms with Crippen molar-refractivity contribution in [2.24, 2.45) is 0 Å². The quantitative estimate of drug-likeness (QED) is 0.642. The summed E-state index contributed by atoms with van der Waals surface area (Å²) in [4.78, 5) is 12.3. The van der Waals surface area contributed by atoms with E-state index in [2.05, 4.69) is 10.0 Å². The third-order valence-electron chi connectivity index (χ3n) is 5.30. The summed E-state index contributed by atoms with van der Waals surface area (Å²) in [6, 6.07) is 12.1. The fourth-order valence-electron chi connectivity index (χ4n) is 3.49. The lowest BCUT2D eigenvalue weighted by Gasteiger charge is -2.38. The third kappa shape index (κ3) is 5.78. The summed E-state index contributed by atoms with van der Waals surface area (Å²) in [6.45, 7) is 1.59. The van der Waals surface area contributed by atoms with Crippen LogP contribution < -0.4 is 10.0 Å². The van der Waals surface area contributed by atoms with Crippen molar-refractivity contribution in [2.45, 2.75) is 29.6 Å². The first kappa shape index (κ1) is 22.7. The molecule has 0 atom stereocenters. The molecule has 1 aliphatic heterocycles. The maximum Gasteiger partial charge on any atom is 0.240 e. The second-order valence-electron chi connectivity index (χ2n) is 7.28. The number of carbonyl (C=O) groups excluding carboxylic acids is 1. The van der Waals surface area contributed by atoms with Crippen LogP contribution in [0.25, 0.3) is 0 Å². The van der Waals surface area contributed by atoms with Crippen molar-refractivity contribution in [1.82, 2.24) is 10.0 Å². The van der Waals surface area contributed by atoms with Crippen molar-refractivity contribution in [3.05, 3.63) is 64.9 Å². The molecule has 2 aromatic carbocycles. The predicted octanol–water partition coefficient (Wildman–Crippen LogP) is 3.01. The van der Waals surface area contributed by atoms with Gasteiger partial charge in [-0.3, -0.25) is 4.79 Å². The Morgan fingerprint density at radius 2 is 1.70 bits per heavy atom. The highest BCUT2D eigenvalue weighted by atomic mass is 35.5. The number of nitrogens with one attached hydrogen (secondary N) is 2. The molecule has 0 spiro atoms. The number of ether oxygens (including phenoxy) is 1. The van der Waals surface area contributed by atoms with E-state index in [0.717, 1.165) is 30.5 Å². The lowest BCUT2D eigenvalue weighted by atomic mass is 9.74. The van der Waals surface area contributed by atoms with Gasteiger partial charge in [0.2, 0.25) is 15.9 Å². The zero-order valence-corrected chi connectivity index (χ0v) is 17.9. The Bertz CT molecular complexity index is 960. The summed E-state index contributed by atoms with van der Waals surface area (Å²) in [7, 11) is -3.79. The predicted molar refractivity (Wildman–Crippen MR) is 112 cm³/mol. The molecule has 3 rings (SSSR count). The Hall–Kier alpha value is -2.00. The fourth-order valence-corrected chi connectivity index (χ4v) is 4.64. The second kappa shape index (κ2) is 9.87. The molecule has 2 aromatic rings. The van der Waals surface area contributed by atoms with E-state index in [0.29, 0.717) is 24.8 Å². The number of hydrogen-bond donors (Lipinski definition) is 2. The fraction of sp³-hybridized carbons (Fsp3) is 0.381. The van der Waals surface area contributed by atoms with Gasteiger partial charge in [-0.25, -0.2) is 17.5 Å². The maximum absolute atomic E-state index is 13.0. The highest BCUT2D eigenvalue weighted by Gasteiger charge is 2.34. The molecule has 6 nitrogen and oxygen atoms in total. The standard InChI is InChI=1S/C21H24ClFN2O4S/c22-17-3-1-16(2-4-17)21(10-13-29-14-11-21)15-24-20(26)9-12-25-30(27,28)19-7-5-18(23)6-8-19/h1-8,25H,9-15H2,(H,24,26). The van der Waals surface area contributed by atoms with Gasteiger partial charge < -0.3 is 10.1 Å². The molecule has 0 bridgehead atoms. The zero-order valence-electron chi connectivity index (χ0n) is 16.4. The number of carbonyl (C=O) groups is 1. The van der Waals surface area contributed by atoms with Gasteiger partial charge in [0.1, 0.15) is 5.82 Å². The molecular weight excluding hydrogens is 431 g/mol. The Kier molecular flexibility index (Phi) is 7.46. The number of halogens is 2. The summed E-state index contributed by atoms with van der Waals surface area (Å²) in [6.07, 6.45) is 1.53. The van der Waals surface area contributed by atoms with E-state index >= 15 is 0 Å². The van der Waals surface area contributed by atoms with Crippen LogP contribution in [-0.2, 0) is 25.0 Å². The number of sulfonamides is 1. The average Bonchev–Trinajstić information content (AvgIpc) is 2.73. The van der Waals surface area contributed by atoms with Gasteiger partial charge in [-0.2, -0.15) is 0 Å². The van der Waals surface area contributed by atoms with E-state index in [1.54, 1.807) is 0 Å². The summed E-state index contributed by atoms with van der Waals surface area (Å²) in [5.74, 6) is -0.771.